The molecule has 0 N–H and O–H groups in total. The number of methoxy groups -OCH3 is 1. The lowest BCUT2D eigenvalue weighted by Crippen LogP contribution is -2.30. The number of nitrogens with zero attached hydrogens (tertiary/aromatic N) is 5. The van der Waals surface area contributed by atoms with Crippen LogP contribution in [0.15, 0.2) is 16.8 Å². The van der Waals surface area contributed by atoms with Crippen molar-refractivity contribution in [1.29, 1.82) is 0 Å². The van der Waals surface area contributed by atoms with Gasteiger partial charge in [-0.1, -0.05) is 18.0 Å². The Balaban J connectivity index is 1.63. The fraction of sp³-hybridized carbons (Fsp3) is 0.647. The number of rotatable bonds is 5. The first kappa shape index (κ1) is 15.5. The minimum atomic E-state index is 0.101. The molecule has 2 aliphatic rings. The van der Waals surface area contributed by atoms with Gasteiger partial charge in [0.1, 0.15) is 18.2 Å². The number of aromatic nitrogens is 4. The Kier molecular flexibility index (Phi) is 4.42. The zero-order valence-corrected chi connectivity index (χ0v) is 14.0. The van der Waals surface area contributed by atoms with Crippen molar-refractivity contribution in [3.8, 4) is 0 Å². The molecule has 2 aromatic rings. The van der Waals surface area contributed by atoms with Crippen LogP contribution >= 0.6 is 0 Å². The van der Waals surface area contributed by atoms with Crippen LogP contribution in [0.5, 0.6) is 0 Å². The van der Waals surface area contributed by atoms with Crippen molar-refractivity contribution in [2.75, 3.05) is 18.6 Å². The standard InChI is InChI=1S/C17H23N5O2/c1-23-11-15-20-17(21-24-15)13-5-3-2-4-10-22(13)14-8-9-18-16(19-14)12-6-7-12/h8-9,12-13H,2-7,10-11H2,1H3. The molecule has 1 aliphatic carbocycles. The molecule has 2 aromatic heterocycles. The van der Waals surface area contributed by atoms with Crippen molar-refractivity contribution in [3.05, 3.63) is 29.8 Å². The second kappa shape index (κ2) is 6.84. The molecule has 0 amide bonds. The monoisotopic (exact) mass is 329 g/mol. The van der Waals surface area contributed by atoms with E-state index in [1.54, 1.807) is 7.11 Å². The SMILES string of the molecule is COCc1nc(C2CCCCCN2c2ccnc(C3CC3)n2)no1. The topological polar surface area (TPSA) is 77.2 Å². The Labute approximate surface area is 141 Å². The van der Waals surface area contributed by atoms with Crippen LogP contribution in [0.1, 0.15) is 68.0 Å². The van der Waals surface area contributed by atoms with E-state index in [-0.39, 0.29) is 6.04 Å². The van der Waals surface area contributed by atoms with Crippen molar-refractivity contribution in [3.63, 3.8) is 0 Å². The highest BCUT2D eigenvalue weighted by Gasteiger charge is 2.30. The summed E-state index contributed by atoms with van der Waals surface area (Å²) in [5, 5.41) is 4.19. The first-order valence-electron chi connectivity index (χ1n) is 8.76. The van der Waals surface area contributed by atoms with E-state index in [1.165, 1.54) is 19.3 Å². The normalized spacial score (nSPS) is 21.7. The van der Waals surface area contributed by atoms with Crippen molar-refractivity contribution in [2.45, 2.75) is 57.1 Å². The second-order valence-corrected chi connectivity index (χ2v) is 6.59. The lowest BCUT2D eigenvalue weighted by Gasteiger charge is -2.29. The molecule has 3 heterocycles. The summed E-state index contributed by atoms with van der Waals surface area (Å²) in [7, 11) is 1.63. The molecule has 4 rings (SSSR count). The number of hydrogen-bond donors (Lipinski definition) is 0. The Morgan fingerprint density at radius 2 is 2.08 bits per heavy atom. The average Bonchev–Trinajstić information content (AvgIpc) is 3.40. The first-order chi connectivity index (χ1) is 11.8. The molecule has 0 aromatic carbocycles. The predicted octanol–water partition coefficient (Wildman–Crippen LogP) is 3.01. The van der Waals surface area contributed by atoms with Crippen LogP contribution < -0.4 is 4.90 Å². The highest BCUT2D eigenvalue weighted by atomic mass is 16.5. The van der Waals surface area contributed by atoms with E-state index >= 15 is 0 Å². The summed E-state index contributed by atoms with van der Waals surface area (Å²) in [5.41, 5.74) is 0. The summed E-state index contributed by atoms with van der Waals surface area (Å²) in [6.07, 6.45) is 8.84. The third-order valence-corrected chi connectivity index (χ3v) is 4.70. The number of hydrogen-bond acceptors (Lipinski definition) is 7. The zero-order chi connectivity index (χ0) is 16.4. The van der Waals surface area contributed by atoms with Crippen LogP contribution in [0.3, 0.4) is 0 Å². The Hall–Kier alpha value is -2.02. The maximum Gasteiger partial charge on any atom is 0.252 e. The molecule has 128 valence electrons. The molecule has 1 atom stereocenters. The minimum Gasteiger partial charge on any atom is -0.375 e. The van der Waals surface area contributed by atoms with Gasteiger partial charge < -0.3 is 14.2 Å². The van der Waals surface area contributed by atoms with Gasteiger partial charge in [-0.05, 0) is 31.7 Å². The van der Waals surface area contributed by atoms with Gasteiger partial charge in [0, 0.05) is 25.8 Å². The van der Waals surface area contributed by atoms with Gasteiger partial charge in [-0.3, -0.25) is 0 Å². The van der Waals surface area contributed by atoms with E-state index in [9.17, 15) is 0 Å². The van der Waals surface area contributed by atoms with Crippen LogP contribution in [-0.2, 0) is 11.3 Å². The average molecular weight is 329 g/mol. The maximum absolute atomic E-state index is 5.31. The molecule has 7 heteroatoms. The lowest BCUT2D eigenvalue weighted by molar-refractivity contribution is 0.151. The van der Waals surface area contributed by atoms with E-state index in [0.29, 0.717) is 18.4 Å². The molecule has 1 saturated heterocycles. The highest BCUT2D eigenvalue weighted by Crippen LogP contribution is 2.39. The summed E-state index contributed by atoms with van der Waals surface area (Å²) in [6.45, 7) is 1.30. The van der Waals surface area contributed by atoms with Gasteiger partial charge in [-0.25, -0.2) is 9.97 Å². The Morgan fingerprint density at radius 1 is 1.17 bits per heavy atom. The minimum absolute atomic E-state index is 0.101. The van der Waals surface area contributed by atoms with Gasteiger partial charge in [0.15, 0.2) is 5.82 Å². The third kappa shape index (κ3) is 3.26. The van der Waals surface area contributed by atoms with E-state index < -0.39 is 0 Å². The molecule has 24 heavy (non-hydrogen) atoms. The van der Waals surface area contributed by atoms with Gasteiger partial charge in [-0.2, -0.15) is 4.98 Å². The summed E-state index contributed by atoms with van der Waals surface area (Å²) >= 11 is 0. The van der Waals surface area contributed by atoms with Gasteiger partial charge in [0.05, 0.1) is 6.04 Å². The van der Waals surface area contributed by atoms with Gasteiger partial charge in [0.25, 0.3) is 5.89 Å². The second-order valence-electron chi connectivity index (χ2n) is 6.59. The molecule has 0 radical (unpaired) electrons. The molecule has 0 spiro atoms. The molecule has 1 unspecified atom stereocenters. The lowest BCUT2D eigenvalue weighted by atomic mass is 10.1. The Bertz CT molecular complexity index is 685. The van der Waals surface area contributed by atoms with Gasteiger partial charge in [-0.15, -0.1) is 0 Å². The fourth-order valence-corrected chi connectivity index (χ4v) is 3.30. The van der Waals surface area contributed by atoms with E-state index in [4.69, 9.17) is 14.2 Å². The quantitative estimate of drug-likeness (QED) is 0.834. The van der Waals surface area contributed by atoms with Gasteiger partial charge >= 0.3 is 0 Å². The summed E-state index contributed by atoms with van der Waals surface area (Å²) in [6, 6.07) is 2.10. The largest absolute Gasteiger partial charge is 0.375 e. The van der Waals surface area contributed by atoms with Crippen LogP contribution in [0, 0.1) is 0 Å². The van der Waals surface area contributed by atoms with Crippen molar-refractivity contribution >= 4 is 5.82 Å². The molecule has 1 saturated carbocycles. The Morgan fingerprint density at radius 3 is 2.92 bits per heavy atom. The highest BCUT2D eigenvalue weighted by molar-refractivity contribution is 5.41. The van der Waals surface area contributed by atoms with Crippen LogP contribution in [0.2, 0.25) is 0 Å². The molecule has 1 aliphatic heterocycles. The van der Waals surface area contributed by atoms with Gasteiger partial charge in [0.2, 0.25) is 0 Å². The summed E-state index contributed by atoms with van der Waals surface area (Å²) in [5.74, 6) is 3.77. The molecule has 7 nitrogen and oxygen atoms in total. The van der Waals surface area contributed by atoms with E-state index in [2.05, 4.69) is 20.0 Å². The molecular formula is C17H23N5O2. The van der Waals surface area contributed by atoms with Crippen LogP contribution in [0.4, 0.5) is 5.82 Å². The van der Waals surface area contributed by atoms with E-state index in [0.717, 1.165) is 43.3 Å². The van der Waals surface area contributed by atoms with Crippen LogP contribution in [-0.4, -0.2) is 33.8 Å². The van der Waals surface area contributed by atoms with Crippen molar-refractivity contribution in [2.24, 2.45) is 0 Å². The smallest absolute Gasteiger partial charge is 0.252 e. The summed E-state index contributed by atoms with van der Waals surface area (Å²) < 4.78 is 10.4. The van der Waals surface area contributed by atoms with Crippen molar-refractivity contribution < 1.29 is 9.26 Å². The third-order valence-electron chi connectivity index (χ3n) is 4.70. The van der Waals surface area contributed by atoms with Crippen LogP contribution in [0.25, 0.3) is 0 Å². The summed E-state index contributed by atoms with van der Waals surface area (Å²) in [4.78, 5) is 16.1. The number of ether oxygens (including phenoxy) is 1. The molecule has 2 fully saturated rings. The molecule has 0 bridgehead atoms. The zero-order valence-electron chi connectivity index (χ0n) is 14.0. The molecular weight excluding hydrogens is 306 g/mol. The predicted molar refractivity (Wildman–Crippen MR) is 87.6 cm³/mol. The van der Waals surface area contributed by atoms with E-state index in [1.807, 2.05) is 12.3 Å². The maximum atomic E-state index is 5.31. The first-order valence-corrected chi connectivity index (χ1v) is 8.76. The number of anilines is 1. The fourth-order valence-electron chi connectivity index (χ4n) is 3.30. The van der Waals surface area contributed by atoms with Crippen molar-refractivity contribution in [1.82, 2.24) is 20.1 Å².